The molecule has 2 atom stereocenters. The summed E-state index contributed by atoms with van der Waals surface area (Å²) in [7, 11) is 0. The fourth-order valence-corrected chi connectivity index (χ4v) is 5.47. The number of hydrogen-bond acceptors (Lipinski definition) is 4. The van der Waals surface area contributed by atoms with Crippen molar-refractivity contribution in [3.8, 4) is 0 Å². The second kappa shape index (κ2) is 8.84. The largest absolute Gasteiger partial charge is 0.347 e. The van der Waals surface area contributed by atoms with E-state index in [1.54, 1.807) is 0 Å². The summed E-state index contributed by atoms with van der Waals surface area (Å²) in [5.41, 5.74) is 2.73. The van der Waals surface area contributed by atoms with Gasteiger partial charge < -0.3 is 20.4 Å². The minimum atomic E-state index is -0.155. The van der Waals surface area contributed by atoms with E-state index in [9.17, 15) is 9.59 Å². The minimum absolute atomic E-state index is 0.0217. The van der Waals surface area contributed by atoms with E-state index < -0.39 is 0 Å². The predicted molar refractivity (Wildman–Crippen MR) is 113 cm³/mol. The number of nitrogens with one attached hydrogen (secondary N) is 2. The van der Waals surface area contributed by atoms with Crippen molar-refractivity contribution in [1.82, 2.24) is 20.4 Å². The summed E-state index contributed by atoms with van der Waals surface area (Å²) in [6.45, 7) is 8.63. The Labute approximate surface area is 174 Å². The molecule has 6 nitrogen and oxygen atoms in total. The normalized spacial score (nSPS) is 27.5. The number of fused-ring (bicyclic) bond motifs is 1. The Hall–Kier alpha value is -1.92. The zero-order valence-electron chi connectivity index (χ0n) is 17.6. The molecule has 158 valence electrons. The first-order chi connectivity index (χ1) is 14.0. The molecule has 2 saturated heterocycles. The summed E-state index contributed by atoms with van der Waals surface area (Å²) in [5, 5.41) is 6.17. The van der Waals surface area contributed by atoms with E-state index >= 15 is 0 Å². The van der Waals surface area contributed by atoms with Crippen LogP contribution in [0, 0.1) is 11.3 Å². The number of nitrogens with zero attached hydrogens (tertiary/aromatic N) is 2. The van der Waals surface area contributed by atoms with E-state index in [1.807, 2.05) is 4.90 Å². The molecule has 2 amide bonds. The Balaban J connectivity index is 1.54. The van der Waals surface area contributed by atoms with Crippen LogP contribution in [-0.4, -0.2) is 67.4 Å². The van der Waals surface area contributed by atoms with Gasteiger partial charge in [-0.3, -0.25) is 9.59 Å². The fraction of sp³-hybridized carbons (Fsp3) is 0.652. The molecule has 0 aliphatic carbocycles. The fourth-order valence-electron chi connectivity index (χ4n) is 5.47. The van der Waals surface area contributed by atoms with Crippen LogP contribution in [0.1, 0.15) is 37.3 Å². The maximum atomic E-state index is 12.9. The van der Waals surface area contributed by atoms with Gasteiger partial charge in [0.25, 0.3) is 0 Å². The Kier molecular flexibility index (Phi) is 6.20. The first-order valence-electron chi connectivity index (χ1n) is 11.1. The molecule has 0 saturated carbocycles. The van der Waals surface area contributed by atoms with Gasteiger partial charge in [0.05, 0.1) is 6.54 Å². The summed E-state index contributed by atoms with van der Waals surface area (Å²) in [5.74, 6) is 0.617. The highest BCUT2D eigenvalue weighted by molar-refractivity contribution is 5.83. The third kappa shape index (κ3) is 4.98. The van der Waals surface area contributed by atoms with Crippen LogP contribution in [0.5, 0.6) is 0 Å². The Morgan fingerprint density at radius 1 is 1.24 bits per heavy atom. The van der Waals surface area contributed by atoms with Crippen molar-refractivity contribution in [2.75, 3.05) is 45.8 Å². The van der Waals surface area contributed by atoms with Gasteiger partial charge in [-0.2, -0.15) is 0 Å². The predicted octanol–water partition coefficient (Wildman–Crippen LogP) is 1.40. The average Bonchev–Trinajstić information content (AvgIpc) is 3.14. The van der Waals surface area contributed by atoms with E-state index in [0.29, 0.717) is 6.54 Å². The molecule has 1 aromatic carbocycles. The second-order valence-electron chi connectivity index (χ2n) is 9.30. The molecule has 2 N–H and O–H groups in total. The Morgan fingerprint density at radius 3 is 2.83 bits per heavy atom. The van der Waals surface area contributed by atoms with Crippen LogP contribution in [0.2, 0.25) is 0 Å². The lowest BCUT2D eigenvalue weighted by Crippen LogP contribution is -2.52. The quantitative estimate of drug-likeness (QED) is 0.805. The van der Waals surface area contributed by atoms with Gasteiger partial charge in [-0.25, -0.2) is 0 Å². The highest BCUT2D eigenvalue weighted by Crippen LogP contribution is 2.38. The number of carbonyl (C=O) groups excluding carboxylic acids is 2. The van der Waals surface area contributed by atoms with Crippen molar-refractivity contribution >= 4 is 11.8 Å². The molecule has 3 aliphatic rings. The smallest absolute Gasteiger partial charge is 0.242 e. The zero-order valence-corrected chi connectivity index (χ0v) is 17.6. The van der Waals surface area contributed by atoms with Crippen molar-refractivity contribution in [3.63, 3.8) is 0 Å². The lowest BCUT2D eigenvalue weighted by Gasteiger charge is -2.45. The van der Waals surface area contributed by atoms with Gasteiger partial charge in [-0.15, -0.1) is 0 Å². The number of piperidine rings is 1. The van der Waals surface area contributed by atoms with Gasteiger partial charge in [0.1, 0.15) is 0 Å². The summed E-state index contributed by atoms with van der Waals surface area (Å²) in [6, 6.07) is 8.57. The number of benzene rings is 1. The van der Waals surface area contributed by atoms with Crippen LogP contribution in [0.25, 0.3) is 0 Å². The monoisotopic (exact) mass is 398 g/mol. The van der Waals surface area contributed by atoms with E-state index in [-0.39, 0.29) is 23.8 Å². The van der Waals surface area contributed by atoms with Crippen LogP contribution in [0.4, 0.5) is 0 Å². The van der Waals surface area contributed by atoms with Crippen molar-refractivity contribution in [3.05, 3.63) is 35.4 Å². The van der Waals surface area contributed by atoms with Crippen molar-refractivity contribution < 1.29 is 9.59 Å². The summed E-state index contributed by atoms with van der Waals surface area (Å²) >= 11 is 0. The number of carbonyl (C=O) groups is 2. The van der Waals surface area contributed by atoms with E-state index in [2.05, 4.69) is 39.8 Å². The molecule has 2 unspecified atom stereocenters. The average molecular weight is 399 g/mol. The molecular formula is C23H34N4O2. The van der Waals surface area contributed by atoms with Crippen LogP contribution < -0.4 is 10.6 Å². The van der Waals surface area contributed by atoms with E-state index in [0.717, 1.165) is 51.5 Å². The summed E-state index contributed by atoms with van der Waals surface area (Å²) < 4.78 is 0. The maximum absolute atomic E-state index is 12.9. The van der Waals surface area contributed by atoms with Crippen molar-refractivity contribution in [2.45, 2.75) is 39.2 Å². The minimum Gasteiger partial charge on any atom is -0.347 e. The van der Waals surface area contributed by atoms with Crippen LogP contribution in [0.3, 0.4) is 0 Å². The summed E-state index contributed by atoms with van der Waals surface area (Å²) in [4.78, 5) is 28.9. The molecule has 1 aromatic rings. The third-order valence-electron chi connectivity index (χ3n) is 6.83. The third-order valence-corrected chi connectivity index (χ3v) is 6.83. The molecule has 3 aliphatic heterocycles. The molecule has 4 rings (SSSR count). The lowest BCUT2D eigenvalue weighted by atomic mass is 9.74. The van der Waals surface area contributed by atoms with Crippen LogP contribution in [-0.2, 0) is 22.6 Å². The molecule has 2 fully saturated rings. The second-order valence-corrected chi connectivity index (χ2v) is 9.30. The lowest BCUT2D eigenvalue weighted by molar-refractivity contribution is -0.135. The topological polar surface area (TPSA) is 64.7 Å². The van der Waals surface area contributed by atoms with Gasteiger partial charge in [-0.05, 0) is 62.4 Å². The standard InChI is InChI=1S/C23H34N4O2/c1-18(28)25-13-22(29)27-15-21-6-3-2-5-20(21)11-23(17-27)8-4-10-26(16-23)14-19-7-9-24-12-19/h2-3,5-6,19,24H,4,7-17H2,1H3,(H,25,28). The number of rotatable bonds is 4. The highest BCUT2D eigenvalue weighted by atomic mass is 16.2. The van der Waals surface area contributed by atoms with Gasteiger partial charge in [-0.1, -0.05) is 24.3 Å². The van der Waals surface area contributed by atoms with Gasteiger partial charge >= 0.3 is 0 Å². The Morgan fingerprint density at radius 2 is 2.07 bits per heavy atom. The summed E-state index contributed by atoms with van der Waals surface area (Å²) in [6.07, 6.45) is 4.65. The number of likely N-dealkylation sites (tertiary alicyclic amines) is 1. The van der Waals surface area contributed by atoms with E-state index in [4.69, 9.17) is 0 Å². The molecule has 6 heteroatoms. The first-order valence-corrected chi connectivity index (χ1v) is 11.1. The molecule has 3 heterocycles. The Bertz CT molecular complexity index is 746. The van der Waals surface area contributed by atoms with Crippen molar-refractivity contribution in [1.29, 1.82) is 0 Å². The maximum Gasteiger partial charge on any atom is 0.242 e. The molecule has 0 aromatic heterocycles. The van der Waals surface area contributed by atoms with Gasteiger partial charge in [0.15, 0.2) is 0 Å². The molecule has 1 spiro atoms. The molecular weight excluding hydrogens is 364 g/mol. The van der Waals surface area contributed by atoms with Gasteiger partial charge in [0.2, 0.25) is 11.8 Å². The number of hydrogen-bond donors (Lipinski definition) is 2. The highest BCUT2D eigenvalue weighted by Gasteiger charge is 2.41. The van der Waals surface area contributed by atoms with Crippen LogP contribution >= 0.6 is 0 Å². The first kappa shape index (κ1) is 20.4. The van der Waals surface area contributed by atoms with E-state index in [1.165, 1.54) is 37.4 Å². The van der Waals surface area contributed by atoms with Gasteiger partial charge in [0, 0.05) is 38.5 Å². The molecule has 0 bridgehead atoms. The van der Waals surface area contributed by atoms with Crippen LogP contribution in [0.15, 0.2) is 24.3 Å². The molecule has 0 radical (unpaired) electrons. The number of amides is 2. The van der Waals surface area contributed by atoms with Crippen molar-refractivity contribution in [2.24, 2.45) is 11.3 Å². The SMILES string of the molecule is CC(=O)NCC(=O)N1Cc2ccccc2CC2(CCCN(CC3CCNC3)C2)C1. The molecule has 29 heavy (non-hydrogen) atoms. The zero-order chi connectivity index (χ0) is 20.3.